The molecule has 0 radical (unpaired) electrons. The Morgan fingerprint density at radius 1 is 0.719 bits per heavy atom. The van der Waals surface area contributed by atoms with E-state index in [9.17, 15) is 0 Å². The minimum absolute atomic E-state index is 0.0795. The normalized spacial score (nSPS) is 26.6. The van der Waals surface area contributed by atoms with Gasteiger partial charge < -0.3 is 18.9 Å². The summed E-state index contributed by atoms with van der Waals surface area (Å²) < 4.78 is 24.2. The van der Waals surface area contributed by atoms with Gasteiger partial charge in [0.25, 0.3) is 0 Å². The summed E-state index contributed by atoms with van der Waals surface area (Å²) in [5, 5.41) is 0. The highest BCUT2D eigenvalue weighted by Gasteiger charge is 2.59. The van der Waals surface area contributed by atoms with Crippen molar-refractivity contribution in [1.82, 2.24) is 4.90 Å². The van der Waals surface area contributed by atoms with E-state index >= 15 is 0 Å². The van der Waals surface area contributed by atoms with Crippen LogP contribution < -0.4 is 0 Å². The molecule has 3 aromatic carbocycles. The number of rotatable bonds is 9. The molecule has 0 aliphatic carbocycles. The molecule has 0 amide bonds. The summed E-state index contributed by atoms with van der Waals surface area (Å²) in [5.41, 5.74) is 3.61. The van der Waals surface area contributed by atoms with Crippen molar-refractivity contribution in [1.29, 1.82) is 0 Å². The second-order valence-corrected chi connectivity index (χ2v) is 8.34. The molecule has 5 atom stereocenters. The minimum Gasteiger partial charge on any atom is -0.369 e. The Morgan fingerprint density at radius 3 is 1.78 bits per heavy atom. The lowest BCUT2D eigenvalue weighted by Crippen LogP contribution is -2.58. The molecule has 0 aromatic heterocycles. The number of fused-ring (bicyclic) bond motifs is 1. The van der Waals surface area contributed by atoms with Crippen LogP contribution in [0.4, 0.5) is 0 Å². The molecule has 2 aliphatic heterocycles. The van der Waals surface area contributed by atoms with E-state index in [1.807, 2.05) is 30.3 Å². The van der Waals surface area contributed by atoms with Crippen LogP contribution in [0.2, 0.25) is 0 Å². The van der Waals surface area contributed by atoms with Crippen LogP contribution in [0.3, 0.4) is 0 Å². The number of hydrogen-bond acceptors (Lipinski definition) is 5. The third kappa shape index (κ3) is 4.93. The number of benzene rings is 3. The van der Waals surface area contributed by atoms with Crippen molar-refractivity contribution in [2.45, 2.75) is 50.5 Å². The molecule has 2 fully saturated rings. The van der Waals surface area contributed by atoms with E-state index in [0.717, 1.165) is 18.7 Å². The molecule has 2 saturated heterocycles. The Bertz CT molecular complexity index is 927. The Kier molecular flexibility index (Phi) is 6.62. The van der Waals surface area contributed by atoms with E-state index in [4.69, 9.17) is 18.9 Å². The Balaban J connectivity index is 1.43. The summed E-state index contributed by atoms with van der Waals surface area (Å²) in [4.78, 5) is 2.40. The molecular formula is C27H29NO4. The smallest absolute Gasteiger partial charge is 0.190 e. The first kappa shape index (κ1) is 21.3. The van der Waals surface area contributed by atoms with Crippen molar-refractivity contribution in [3.8, 4) is 0 Å². The first-order valence-electron chi connectivity index (χ1n) is 11.1. The molecule has 0 spiro atoms. The molecule has 0 saturated carbocycles. The maximum atomic E-state index is 6.50. The zero-order chi connectivity index (χ0) is 21.8. The number of ether oxygens (including phenoxy) is 4. The minimum atomic E-state index is -0.438. The van der Waals surface area contributed by atoms with E-state index < -0.39 is 6.29 Å². The van der Waals surface area contributed by atoms with Gasteiger partial charge in [-0.25, -0.2) is 0 Å². The SMILES string of the molecule is CO[C@@H]1O[C@H]2O[C@H]2[C@H](OCc2ccccc2)[C@H]1N(Cc1ccccc1)Cc1ccccc1. The number of hydrogen-bond donors (Lipinski definition) is 0. The van der Waals surface area contributed by atoms with Gasteiger partial charge in [0.05, 0.1) is 12.6 Å². The topological polar surface area (TPSA) is 43.5 Å². The number of methoxy groups -OCH3 is 1. The van der Waals surface area contributed by atoms with Gasteiger partial charge in [-0.15, -0.1) is 0 Å². The molecule has 5 heteroatoms. The first-order chi connectivity index (χ1) is 15.8. The maximum Gasteiger partial charge on any atom is 0.190 e. The van der Waals surface area contributed by atoms with Gasteiger partial charge in [-0.1, -0.05) is 91.0 Å². The first-order valence-corrected chi connectivity index (χ1v) is 11.1. The van der Waals surface area contributed by atoms with Gasteiger partial charge in [-0.2, -0.15) is 0 Å². The molecule has 5 rings (SSSR count). The Morgan fingerprint density at radius 2 is 1.25 bits per heavy atom. The van der Waals surface area contributed by atoms with Crippen LogP contribution in [-0.4, -0.2) is 42.8 Å². The highest BCUT2D eigenvalue weighted by Crippen LogP contribution is 2.40. The van der Waals surface area contributed by atoms with Crippen molar-refractivity contribution in [3.63, 3.8) is 0 Å². The zero-order valence-corrected chi connectivity index (χ0v) is 18.2. The lowest BCUT2D eigenvalue weighted by Gasteiger charge is -2.42. The highest BCUT2D eigenvalue weighted by molar-refractivity contribution is 5.19. The predicted octanol–water partition coefficient (Wildman–Crippen LogP) is 4.37. The van der Waals surface area contributed by atoms with Gasteiger partial charge in [0.1, 0.15) is 12.2 Å². The number of epoxide rings is 1. The van der Waals surface area contributed by atoms with Gasteiger partial charge in [0, 0.05) is 20.2 Å². The van der Waals surface area contributed by atoms with E-state index in [2.05, 4.69) is 65.6 Å². The van der Waals surface area contributed by atoms with Gasteiger partial charge >= 0.3 is 0 Å². The van der Waals surface area contributed by atoms with Crippen LogP contribution in [0.15, 0.2) is 91.0 Å². The molecular weight excluding hydrogens is 402 g/mol. The summed E-state index contributed by atoms with van der Waals surface area (Å²) in [6.45, 7) is 2.04. The quantitative estimate of drug-likeness (QED) is 0.471. The fourth-order valence-corrected chi connectivity index (χ4v) is 4.45. The number of nitrogens with zero attached hydrogens (tertiary/aromatic N) is 1. The molecule has 0 bridgehead atoms. The van der Waals surface area contributed by atoms with Crippen LogP contribution in [0, 0.1) is 0 Å². The van der Waals surface area contributed by atoms with Gasteiger partial charge in [0.2, 0.25) is 0 Å². The standard InChI is InChI=1S/C27H29NO4/c1-29-26-23(24(25-27(31-25)32-26)30-19-22-15-9-4-10-16-22)28(17-20-11-5-2-6-12-20)18-21-13-7-3-8-14-21/h2-16,23-27H,17-19H2,1H3/t23-,24-,25+,26-,27-/m1/s1. The van der Waals surface area contributed by atoms with Crippen molar-refractivity contribution < 1.29 is 18.9 Å². The second kappa shape index (κ2) is 9.94. The van der Waals surface area contributed by atoms with Crippen LogP contribution in [0.5, 0.6) is 0 Å². The van der Waals surface area contributed by atoms with E-state index in [1.165, 1.54) is 11.1 Å². The zero-order valence-electron chi connectivity index (χ0n) is 18.2. The summed E-state index contributed by atoms with van der Waals surface area (Å²) in [6, 6.07) is 31.1. The Hall–Kier alpha value is -2.54. The van der Waals surface area contributed by atoms with Crippen LogP contribution in [-0.2, 0) is 38.6 Å². The lowest BCUT2D eigenvalue weighted by molar-refractivity contribution is -0.227. The fourth-order valence-electron chi connectivity index (χ4n) is 4.45. The summed E-state index contributed by atoms with van der Waals surface area (Å²) in [6.07, 6.45) is -0.935. The second-order valence-electron chi connectivity index (χ2n) is 8.34. The third-order valence-electron chi connectivity index (χ3n) is 6.09. The molecule has 166 valence electrons. The monoisotopic (exact) mass is 431 g/mol. The largest absolute Gasteiger partial charge is 0.369 e. The highest BCUT2D eigenvalue weighted by atomic mass is 16.8. The average Bonchev–Trinajstić information content (AvgIpc) is 3.63. The van der Waals surface area contributed by atoms with E-state index in [0.29, 0.717) is 6.61 Å². The van der Waals surface area contributed by atoms with Crippen LogP contribution in [0.1, 0.15) is 16.7 Å². The third-order valence-corrected chi connectivity index (χ3v) is 6.09. The maximum absolute atomic E-state index is 6.50. The predicted molar refractivity (Wildman–Crippen MR) is 121 cm³/mol. The average molecular weight is 432 g/mol. The van der Waals surface area contributed by atoms with Gasteiger partial charge in [0.15, 0.2) is 12.6 Å². The van der Waals surface area contributed by atoms with Crippen molar-refractivity contribution in [2.24, 2.45) is 0 Å². The van der Waals surface area contributed by atoms with Gasteiger partial charge in [-0.05, 0) is 16.7 Å². The fraction of sp³-hybridized carbons (Fsp3) is 0.333. The molecule has 5 nitrogen and oxygen atoms in total. The van der Waals surface area contributed by atoms with Crippen molar-refractivity contribution >= 4 is 0 Å². The lowest BCUT2D eigenvalue weighted by atomic mass is 10.00. The molecule has 3 aromatic rings. The van der Waals surface area contributed by atoms with Crippen LogP contribution >= 0.6 is 0 Å². The van der Waals surface area contributed by atoms with Crippen LogP contribution in [0.25, 0.3) is 0 Å². The Labute approximate surface area is 189 Å². The van der Waals surface area contributed by atoms with Gasteiger partial charge in [-0.3, -0.25) is 4.90 Å². The molecule has 32 heavy (non-hydrogen) atoms. The van der Waals surface area contributed by atoms with Crippen molar-refractivity contribution in [2.75, 3.05) is 7.11 Å². The molecule has 0 unspecified atom stereocenters. The van der Waals surface area contributed by atoms with E-state index in [1.54, 1.807) is 7.11 Å². The van der Waals surface area contributed by atoms with Crippen molar-refractivity contribution in [3.05, 3.63) is 108 Å². The van der Waals surface area contributed by atoms with E-state index in [-0.39, 0.29) is 24.5 Å². The molecule has 2 heterocycles. The molecule has 0 N–H and O–H groups in total. The molecule has 2 aliphatic rings. The summed E-state index contributed by atoms with van der Waals surface area (Å²) >= 11 is 0. The summed E-state index contributed by atoms with van der Waals surface area (Å²) in [7, 11) is 1.69. The summed E-state index contributed by atoms with van der Waals surface area (Å²) in [5.74, 6) is 0.